The number of hydrogen-bond acceptors (Lipinski definition) is 3. The number of carboxylic acid groups (broad SMARTS) is 1. The van der Waals surface area contributed by atoms with Gasteiger partial charge in [0.15, 0.2) is 0 Å². The topological polar surface area (TPSA) is 78.4 Å². The van der Waals surface area contributed by atoms with Gasteiger partial charge in [0.1, 0.15) is 0 Å². The van der Waals surface area contributed by atoms with E-state index in [9.17, 15) is 9.59 Å². The van der Waals surface area contributed by atoms with E-state index in [0.717, 1.165) is 6.54 Å². The van der Waals surface area contributed by atoms with Crippen LogP contribution in [0.3, 0.4) is 0 Å². The van der Waals surface area contributed by atoms with Crippen molar-refractivity contribution in [1.29, 1.82) is 0 Å². The van der Waals surface area contributed by atoms with E-state index < -0.39 is 11.5 Å². The van der Waals surface area contributed by atoms with Crippen molar-refractivity contribution in [2.75, 3.05) is 13.1 Å². The average molecular weight is 230 g/mol. The average Bonchev–Trinajstić information content (AvgIpc) is 2.10. The van der Waals surface area contributed by atoms with Crippen LogP contribution in [0.5, 0.6) is 0 Å². The molecule has 0 radical (unpaired) electrons. The van der Waals surface area contributed by atoms with Crippen LogP contribution in [0.4, 0.5) is 0 Å². The zero-order valence-corrected chi connectivity index (χ0v) is 10.5. The van der Waals surface area contributed by atoms with Gasteiger partial charge in [-0.15, -0.1) is 0 Å². The standard InChI is InChI=1S/C11H22N2O3/c1-5-12-7-8(2)10(16)13-11(3,4)6-9(14)15/h8,12H,5-7H2,1-4H3,(H,13,16)(H,14,15). The molecule has 0 saturated heterocycles. The molecule has 0 bridgehead atoms. The van der Waals surface area contributed by atoms with E-state index >= 15 is 0 Å². The number of carboxylic acids is 1. The van der Waals surface area contributed by atoms with Gasteiger partial charge in [-0.1, -0.05) is 13.8 Å². The molecule has 5 heteroatoms. The van der Waals surface area contributed by atoms with Crippen molar-refractivity contribution in [3.63, 3.8) is 0 Å². The highest BCUT2D eigenvalue weighted by atomic mass is 16.4. The normalized spacial score (nSPS) is 13.2. The number of carbonyl (C=O) groups is 2. The number of rotatable bonds is 7. The Morgan fingerprint density at radius 3 is 2.38 bits per heavy atom. The van der Waals surface area contributed by atoms with E-state index in [2.05, 4.69) is 10.6 Å². The van der Waals surface area contributed by atoms with Gasteiger partial charge in [0, 0.05) is 18.0 Å². The number of nitrogens with one attached hydrogen (secondary N) is 2. The molecule has 0 spiro atoms. The van der Waals surface area contributed by atoms with Crippen molar-refractivity contribution in [2.45, 2.75) is 39.7 Å². The van der Waals surface area contributed by atoms with Crippen molar-refractivity contribution in [2.24, 2.45) is 5.92 Å². The minimum absolute atomic E-state index is 0.0767. The van der Waals surface area contributed by atoms with Gasteiger partial charge in [-0.3, -0.25) is 9.59 Å². The van der Waals surface area contributed by atoms with E-state index in [4.69, 9.17) is 5.11 Å². The van der Waals surface area contributed by atoms with Gasteiger partial charge < -0.3 is 15.7 Å². The summed E-state index contributed by atoms with van der Waals surface area (Å²) in [7, 11) is 0. The van der Waals surface area contributed by atoms with Crippen LogP contribution in [-0.4, -0.2) is 35.6 Å². The smallest absolute Gasteiger partial charge is 0.305 e. The summed E-state index contributed by atoms with van der Waals surface area (Å²) in [4.78, 5) is 22.3. The zero-order valence-electron chi connectivity index (χ0n) is 10.5. The van der Waals surface area contributed by atoms with Gasteiger partial charge in [0.2, 0.25) is 5.91 Å². The fourth-order valence-corrected chi connectivity index (χ4v) is 1.33. The quantitative estimate of drug-likeness (QED) is 0.598. The fraction of sp³-hybridized carbons (Fsp3) is 0.818. The summed E-state index contributed by atoms with van der Waals surface area (Å²) in [6, 6.07) is 0. The molecule has 0 aliphatic rings. The molecule has 0 heterocycles. The molecule has 0 aromatic carbocycles. The molecule has 0 aliphatic heterocycles. The summed E-state index contributed by atoms with van der Waals surface area (Å²) in [5, 5.41) is 14.5. The van der Waals surface area contributed by atoms with Gasteiger partial charge in [-0.25, -0.2) is 0 Å². The lowest BCUT2D eigenvalue weighted by atomic mass is 9.99. The van der Waals surface area contributed by atoms with Crippen LogP contribution < -0.4 is 10.6 Å². The van der Waals surface area contributed by atoms with Crippen molar-refractivity contribution in [1.82, 2.24) is 10.6 Å². The highest BCUT2D eigenvalue weighted by Gasteiger charge is 2.25. The van der Waals surface area contributed by atoms with E-state index in [1.54, 1.807) is 13.8 Å². The number of hydrogen-bond donors (Lipinski definition) is 3. The van der Waals surface area contributed by atoms with Crippen LogP contribution in [0, 0.1) is 5.92 Å². The summed E-state index contributed by atoms with van der Waals surface area (Å²) in [5.41, 5.74) is -0.705. The second-order valence-corrected chi connectivity index (χ2v) is 4.65. The molecule has 3 N–H and O–H groups in total. The molecule has 16 heavy (non-hydrogen) atoms. The first-order chi connectivity index (χ1) is 7.28. The fourth-order valence-electron chi connectivity index (χ4n) is 1.33. The van der Waals surface area contributed by atoms with E-state index in [1.807, 2.05) is 13.8 Å². The Hall–Kier alpha value is -1.10. The maximum absolute atomic E-state index is 11.7. The maximum atomic E-state index is 11.7. The first-order valence-corrected chi connectivity index (χ1v) is 5.53. The summed E-state index contributed by atoms with van der Waals surface area (Å²) in [6.07, 6.45) is -0.0767. The van der Waals surface area contributed by atoms with Crippen LogP contribution in [0.15, 0.2) is 0 Å². The summed E-state index contributed by atoms with van der Waals surface area (Å²) >= 11 is 0. The van der Waals surface area contributed by atoms with Crippen molar-refractivity contribution in [3.05, 3.63) is 0 Å². The van der Waals surface area contributed by atoms with Crippen LogP contribution >= 0.6 is 0 Å². The molecule has 1 atom stereocenters. The molecule has 1 unspecified atom stereocenters. The lowest BCUT2D eigenvalue weighted by molar-refractivity contribution is -0.138. The third-order valence-electron chi connectivity index (χ3n) is 2.20. The highest BCUT2D eigenvalue weighted by Crippen LogP contribution is 2.09. The molecule has 94 valence electrons. The zero-order chi connectivity index (χ0) is 12.8. The monoisotopic (exact) mass is 230 g/mol. The van der Waals surface area contributed by atoms with E-state index in [0.29, 0.717) is 6.54 Å². The van der Waals surface area contributed by atoms with Crippen LogP contribution in [0.2, 0.25) is 0 Å². The molecular weight excluding hydrogens is 208 g/mol. The SMILES string of the molecule is CCNCC(C)C(=O)NC(C)(C)CC(=O)O. The predicted molar refractivity (Wildman–Crippen MR) is 62.2 cm³/mol. The maximum Gasteiger partial charge on any atom is 0.305 e. The Balaban J connectivity index is 4.15. The minimum atomic E-state index is -0.912. The molecule has 0 aromatic rings. The third kappa shape index (κ3) is 6.40. The van der Waals surface area contributed by atoms with E-state index in [-0.39, 0.29) is 18.2 Å². The molecule has 0 aromatic heterocycles. The lowest BCUT2D eigenvalue weighted by Crippen LogP contribution is -2.48. The van der Waals surface area contributed by atoms with Crippen molar-refractivity contribution < 1.29 is 14.7 Å². The van der Waals surface area contributed by atoms with Crippen LogP contribution in [-0.2, 0) is 9.59 Å². The second kappa shape index (κ2) is 6.48. The van der Waals surface area contributed by atoms with Crippen LogP contribution in [0.25, 0.3) is 0 Å². The van der Waals surface area contributed by atoms with Gasteiger partial charge in [0.25, 0.3) is 0 Å². The number of amides is 1. The number of aliphatic carboxylic acids is 1. The predicted octanol–water partition coefficient (Wildman–Crippen LogP) is 0.601. The second-order valence-electron chi connectivity index (χ2n) is 4.65. The Morgan fingerprint density at radius 2 is 1.94 bits per heavy atom. The summed E-state index contributed by atoms with van der Waals surface area (Å²) < 4.78 is 0. The molecule has 0 rings (SSSR count). The van der Waals surface area contributed by atoms with Crippen molar-refractivity contribution >= 4 is 11.9 Å². The molecule has 0 aliphatic carbocycles. The molecule has 0 saturated carbocycles. The third-order valence-corrected chi connectivity index (χ3v) is 2.20. The Bertz CT molecular complexity index is 252. The molecule has 0 fully saturated rings. The highest BCUT2D eigenvalue weighted by molar-refractivity contribution is 5.80. The van der Waals surface area contributed by atoms with Gasteiger partial charge in [-0.05, 0) is 20.4 Å². The minimum Gasteiger partial charge on any atom is -0.481 e. The molecular formula is C11H22N2O3. The molecule has 1 amide bonds. The van der Waals surface area contributed by atoms with Crippen molar-refractivity contribution in [3.8, 4) is 0 Å². The molecule has 5 nitrogen and oxygen atoms in total. The number of carbonyl (C=O) groups excluding carboxylic acids is 1. The largest absolute Gasteiger partial charge is 0.481 e. The first kappa shape index (κ1) is 14.9. The Kier molecular flexibility index (Phi) is 6.03. The Morgan fingerprint density at radius 1 is 1.38 bits per heavy atom. The van der Waals surface area contributed by atoms with Crippen LogP contribution in [0.1, 0.15) is 34.1 Å². The summed E-state index contributed by atoms with van der Waals surface area (Å²) in [5.74, 6) is -1.19. The van der Waals surface area contributed by atoms with Gasteiger partial charge in [0.05, 0.1) is 6.42 Å². The first-order valence-electron chi connectivity index (χ1n) is 5.53. The Labute approximate surface area is 96.6 Å². The van der Waals surface area contributed by atoms with Gasteiger partial charge >= 0.3 is 5.97 Å². The summed E-state index contributed by atoms with van der Waals surface area (Å²) in [6.45, 7) is 8.62. The van der Waals surface area contributed by atoms with Gasteiger partial charge in [-0.2, -0.15) is 0 Å². The van der Waals surface area contributed by atoms with E-state index in [1.165, 1.54) is 0 Å². The lowest BCUT2D eigenvalue weighted by Gasteiger charge is -2.26.